The van der Waals surface area contributed by atoms with Gasteiger partial charge in [0.15, 0.2) is 0 Å². The van der Waals surface area contributed by atoms with Crippen molar-refractivity contribution in [2.24, 2.45) is 0 Å². The molecule has 2 atom stereocenters. The minimum Gasteiger partial charge on any atom is -0.337 e. The van der Waals surface area contributed by atoms with Crippen LogP contribution in [-0.4, -0.2) is 57.5 Å². The molecule has 0 spiro atoms. The Kier molecular flexibility index (Phi) is 4.04. The maximum absolute atomic E-state index is 13.0. The lowest BCUT2D eigenvalue weighted by atomic mass is 10.0. The predicted molar refractivity (Wildman–Crippen MR) is 94.9 cm³/mol. The second-order valence-corrected chi connectivity index (χ2v) is 7.22. The summed E-state index contributed by atoms with van der Waals surface area (Å²) < 4.78 is 2.06. The first-order valence-electron chi connectivity index (χ1n) is 9.07. The first-order valence-corrected chi connectivity index (χ1v) is 9.07. The average molecular weight is 326 g/mol. The molecule has 2 aromatic rings. The van der Waals surface area contributed by atoms with Crippen molar-refractivity contribution in [3.05, 3.63) is 30.1 Å². The first kappa shape index (κ1) is 15.6. The van der Waals surface area contributed by atoms with Crippen LogP contribution < -0.4 is 0 Å². The van der Waals surface area contributed by atoms with Crippen molar-refractivity contribution in [2.75, 3.05) is 20.1 Å². The second kappa shape index (κ2) is 6.20. The Hall–Kier alpha value is -1.88. The van der Waals surface area contributed by atoms with Crippen molar-refractivity contribution in [3.8, 4) is 0 Å². The van der Waals surface area contributed by atoms with E-state index in [0.717, 1.165) is 42.8 Å². The number of nitrogens with zero attached hydrogens (tertiary/aromatic N) is 4. The third kappa shape index (κ3) is 2.61. The number of para-hydroxylation sites is 2. The highest BCUT2D eigenvalue weighted by atomic mass is 16.2. The van der Waals surface area contributed by atoms with Gasteiger partial charge in [-0.15, -0.1) is 0 Å². The van der Waals surface area contributed by atoms with Gasteiger partial charge in [0.1, 0.15) is 12.4 Å². The minimum atomic E-state index is 0.240. The van der Waals surface area contributed by atoms with Gasteiger partial charge in [0.05, 0.1) is 11.0 Å². The SMILES string of the molecule is Cc1nc2ccccc2n1CC(=O)N1CCC[C@@H]1[C@H]1CCCN1C. The number of hydrogen-bond acceptors (Lipinski definition) is 3. The van der Waals surface area contributed by atoms with Crippen LogP contribution in [0, 0.1) is 6.92 Å². The van der Waals surface area contributed by atoms with Gasteiger partial charge in [-0.2, -0.15) is 0 Å². The van der Waals surface area contributed by atoms with E-state index >= 15 is 0 Å². The van der Waals surface area contributed by atoms with Crippen LogP contribution in [-0.2, 0) is 11.3 Å². The number of carbonyl (C=O) groups excluding carboxylic acids is 1. The zero-order valence-corrected chi connectivity index (χ0v) is 14.6. The van der Waals surface area contributed by atoms with Crippen LogP contribution in [0.25, 0.3) is 11.0 Å². The molecule has 0 saturated carbocycles. The van der Waals surface area contributed by atoms with Crippen molar-refractivity contribution in [1.29, 1.82) is 0 Å². The van der Waals surface area contributed by atoms with E-state index in [1.807, 2.05) is 25.1 Å². The largest absolute Gasteiger partial charge is 0.337 e. The highest BCUT2D eigenvalue weighted by Crippen LogP contribution is 2.29. The molecule has 2 aliphatic rings. The van der Waals surface area contributed by atoms with E-state index in [0.29, 0.717) is 18.6 Å². The number of imidazole rings is 1. The smallest absolute Gasteiger partial charge is 0.242 e. The van der Waals surface area contributed by atoms with Crippen LogP contribution in [0.15, 0.2) is 24.3 Å². The molecule has 128 valence electrons. The number of aryl methyl sites for hydroxylation is 1. The predicted octanol–water partition coefficient (Wildman–Crippen LogP) is 2.43. The van der Waals surface area contributed by atoms with Crippen molar-refractivity contribution < 1.29 is 4.79 Å². The Morgan fingerprint density at radius 2 is 1.92 bits per heavy atom. The van der Waals surface area contributed by atoms with E-state index in [2.05, 4.69) is 32.5 Å². The quantitative estimate of drug-likeness (QED) is 0.870. The number of carbonyl (C=O) groups is 1. The fraction of sp³-hybridized carbons (Fsp3) is 0.579. The van der Waals surface area contributed by atoms with E-state index in [-0.39, 0.29) is 5.91 Å². The Morgan fingerprint density at radius 3 is 2.71 bits per heavy atom. The number of likely N-dealkylation sites (tertiary alicyclic amines) is 2. The van der Waals surface area contributed by atoms with Crippen molar-refractivity contribution in [1.82, 2.24) is 19.4 Å². The Labute approximate surface area is 143 Å². The van der Waals surface area contributed by atoms with Gasteiger partial charge < -0.3 is 14.4 Å². The lowest BCUT2D eigenvalue weighted by Crippen LogP contribution is -2.48. The molecule has 3 heterocycles. The molecule has 5 heteroatoms. The summed E-state index contributed by atoms with van der Waals surface area (Å²) in [7, 11) is 2.20. The molecule has 0 aliphatic carbocycles. The normalized spacial score (nSPS) is 25.0. The highest BCUT2D eigenvalue weighted by molar-refractivity contribution is 5.81. The Morgan fingerprint density at radius 1 is 1.17 bits per heavy atom. The number of likely N-dealkylation sites (N-methyl/N-ethyl adjacent to an activating group) is 1. The maximum atomic E-state index is 13.0. The molecular formula is C19H26N4O. The standard InChI is InChI=1S/C19H26N4O/c1-14-20-15-7-3-4-8-16(15)23(14)13-19(24)22-12-6-10-18(22)17-9-5-11-21(17)2/h3-4,7-8,17-18H,5-6,9-13H2,1-2H3/t17-,18-/m1/s1. The number of hydrogen-bond donors (Lipinski definition) is 0. The van der Waals surface area contributed by atoms with Gasteiger partial charge in [0, 0.05) is 18.6 Å². The summed E-state index contributed by atoms with van der Waals surface area (Å²) in [6.07, 6.45) is 4.75. The lowest BCUT2D eigenvalue weighted by molar-refractivity contribution is -0.133. The molecule has 2 fully saturated rings. The van der Waals surface area contributed by atoms with Crippen LogP contribution in [0.3, 0.4) is 0 Å². The van der Waals surface area contributed by atoms with Gasteiger partial charge in [-0.05, 0) is 58.3 Å². The van der Waals surface area contributed by atoms with Gasteiger partial charge in [-0.1, -0.05) is 12.1 Å². The number of aromatic nitrogens is 2. The molecule has 1 aromatic carbocycles. The molecule has 0 N–H and O–H groups in total. The molecule has 2 saturated heterocycles. The Balaban J connectivity index is 1.55. The van der Waals surface area contributed by atoms with Gasteiger partial charge >= 0.3 is 0 Å². The van der Waals surface area contributed by atoms with Crippen molar-refractivity contribution in [3.63, 3.8) is 0 Å². The molecule has 0 unspecified atom stereocenters. The van der Waals surface area contributed by atoms with Gasteiger partial charge in [-0.3, -0.25) is 4.79 Å². The second-order valence-electron chi connectivity index (χ2n) is 7.22. The number of amides is 1. The summed E-state index contributed by atoms with van der Waals surface area (Å²) in [6.45, 7) is 4.45. The molecule has 5 nitrogen and oxygen atoms in total. The fourth-order valence-electron chi connectivity index (χ4n) is 4.55. The summed E-state index contributed by atoms with van der Waals surface area (Å²) >= 11 is 0. The zero-order valence-electron chi connectivity index (χ0n) is 14.6. The van der Waals surface area contributed by atoms with Crippen molar-refractivity contribution >= 4 is 16.9 Å². The minimum absolute atomic E-state index is 0.240. The molecule has 24 heavy (non-hydrogen) atoms. The van der Waals surface area contributed by atoms with E-state index in [4.69, 9.17) is 0 Å². The van der Waals surface area contributed by atoms with E-state index in [1.54, 1.807) is 0 Å². The van der Waals surface area contributed by atoms with Gasteiger partial charge in [-0.25, -0.2) is 4.98 Å². The molecule has 0 radical (unpaired) electrons. The average Bonchev–Trinajstić information content (AvgIpc) is 3.27. The summed E-state index contributed by atoms with van der Waals surface area (Å²) in [5.74, 6) is 1.15. The topological polar surface area (TPSA) is 41.4 Å². The van der Waals surface area contributed by atoms with Crippen molar-refractivity contribution in [2.45, 2.75) is 51.2 Å². The summed E-state index contributed by atoms with van der Waals surface area (Å²) in [5, 5.41) is 0. The molecule has 1 aromatic heterocycles. The van der Waals surface area contributed by atoms with E-state index < -0.39 is 0 Å². The number of rotatable bonds is 3. The molecule has 2 aliphatic heterocycles. The first-order chi connectivity index (χ1) is 11.6. The fourth-order valence-corrected chi connectivity index (χ4v) is 4.55. The highest BCUT2D eigenvalue weighted by Gasteiger charge is 2.38. The molecule has 4 rings (SSSR count). The third-order valence-electron chi connectivity index (χ3n) is 5.78. The monoisotopic (exact) mass is 326 g/mol. The molecular weight excluding hydrogens is 300 g/mol. The zero-order chi connectivity index (χ0) is 16.7. The van der Waals surface area contributed by atoms with Crippen LogP contribution in [0.1, 0.15) is 31.5 Å². The van der Waals surface area contributed by atoms with Crippen LogP contribution >= 0.6 is 0 Å². The summed E-state index contributed by atoms with van der Waals surface area (Å²) in [6, 6.07) is 8.99. The van der Waals surface area contributed by atoms with Crippen LogP contribution in [0.4, 0.5) is 0 Å². The molecule has 0 bridgehead atoms. The molecule has 1 amide bonds. The van der Waals surface area contributed by atoms with Crippen LogP contribution in [0.5, 0.6) is 0 Å². The Bertz CT molecular complexity index is 753. The number of fused-ring (bicyclic) bond motifs is 1. The van der Waals surface area contributed by atoms with E-state index in [9.17, 15) is 4.79 Å². The third-order valence-corrected chi connectivity index (χ3v) is 5.78. The lowest BCUT2D eigenvalue weighted by Gasteiger charge is -2.33. The maximum Gasteiger partial charge on any atom is 0.242 e. The number of benzene rings is 1. The summed E-state index contributed by atoms with van der Waals surface area (Å²) in [4.78, 5) is 22.2. The van der Waals surface area contributed by atoms with E-state index in [1.165, 1.54) is 12.8 Å². The summed E-state index contributed by atoms with van der Waals surface area (Å²) in [5.41, 5.74) is 2.02. The van der Waals surface area contributed by atoms with Gasteiger partial charge in [0.25, 0.3) is 0 Å². The van der Waals surface area contributed by atoms with Crippen LogP contribution in [0.2, 0.25) is 0 Å². The van der Waals surface area contributed by atoms with Gasteiger partial charge in [0.2, 0.25) is 5.91 Å².